The second-order valence-corrected chi connectivity index (χ2v) is 5.95. The van der Waals surface area contributed by atoms with E-state index in [4.69, 9.17) is 0 Å². The Balaban J connectivity index is 2.21. The van der Waals surface area contributed by atoms with Crippen LogP contribution in [0.25, 0.3) is 15.9 Å². The van der Waals surface area contributed by atoms with Gasteiger partial charge in [0.15, 0.2) is 5.43 Å². The summed E-state index contributed by atoms with van der Waals surface area (Å²) >= 11 is 1.70. The maximum absolute atomic E-state index is 12.1. The average molecular weight is 253 g/mol. The molecule has 3 heteroatoms. The summed E-state index contributed by atoms with van der Waals surface area (Å²) in [6, 6.07) is 12.2. The van der Waals surface area contributed by atoms with Crippen LogP contribution >= 0.6 is 11.3 Å². The van der Waals surface area contributed by atoms with Gasteiger partial charge in [0.05, 0.1) is 11.1 Å². The van der Waals surface area contributed by atoms with E-state index in [0.717, 1.165) is 22.3 Å². The summed E-state index contributed by atoms with van der Waals surface area (Å²) in [7, 11) is 0. The first-order valence-electron chi connectivity index (χ1n) is 5.97. The summed E-state index contributed by atoms with van der Waals surface area (Å²) in [6.07, 6.45) is 0.859. The van der Waals surface area contributed by atoms with Crippen LogP contribution in [0.15, 0.2) is 41.2 Å². The minimum atomic E-state index is 0.147. The van der Waals surface area contributed by atoms with Crippen LogP contribution in [-0.2, 0) is 6.42 Å². The third-order valence-corrected chi connectivity index (χ3v) is 4.53. The molecular formula is C15H11NOS. The molecule has 0 N–H and O–H groups in total. The van der Waals surface area contributed by atoms with E-state index >= 15 is 0 Å². The number of hydrogen-bond donors (Lipinski definition) is 0. The van der Waals surface area contributed by atoms with Crippen LogP contribution in [0.4, 0.5) is 0 Å². The fourth-order valence-corrected chi connectivity index (χ4v) is 3.79. The Morgan fingerprint density at radius 3 is 2.94 bits per heavy atom. The van der Waals surface area contributed by atoms with E-state index in [1.807, 2.05) is 6.07 Å². The average Bonchev–Trinajstić information content (AvgIpc) is 2.88. The summed E-state index contributed by atoms with van der Waals surface area (Å²) in [4.78, 5) is 14.4. The first-order valence-corrected chi connectivity index (χ1v) is 6.79. The van der Waals surface area contributed by atoms with Crippen molar-refractivity contribution in [3.05, 3.63) is 62.8 Å². The van der Waals surface area contributed by atoms with Crippen molar-refractivity contribution in [3.8, 4) is 5.69 Å². The molecule has 3 heterocycles. The van der Waals surface area contributed by atoms with E-state index in [2.05, 4.69) is 35.8 Å². The predicted molar refractivity (Wildman–Crippen MR) is 75.0 cm³/mol. The van der Waals surface area contributed by atoms with Gasteiger partial charge >= 0.3 is 0 Å². The van der Waals surface area contributed by atoms with E-state index in [0.29, 0.717) is 0 Å². The fourth-order valence-electron chi connectivity index (χ4n) is 2.74. The second kappa shape index (κ2) is 3.33. The molecular weight excluding hydrogens is 242 g/mol. The summed E-state index contributed by atoms with van der Waals surface area (Å²) in [6.45, 7) is 2.05. The second-order valence-electron chi connectivity index (χ2n) is 4.72. The normalized spacial score (nSPS) is 12.7. The molecule has 88 valence electrons. The third-order valence-electron chi connectivity index (χ3n) is 3.49. The lowest BCUT2D eigenvalue weighted by Gasteiger charge is -2.06. The number of aromatic nitrogens is 1. The number of thiophene rings is 1. The Morgan fingerprint density at radius 1 is 1.22 bits per heavy atom. The summed E-state index contributed by atoms with van der Waals surface area (Å²) in [5, 5.41) is 0.845. The van der Waals surface area contributed by atoms with Crippen LogP contribution in [-0.4, -0.2) is 4.57 Å². The SMILES string of the molecule is Cc1cc2c(=O)cc3n(c2s1)-c1ccccc1C3. The molecule has 18 heavy (non-hydrogen) atoms. The van der Waals surface area contributed by atoms with E-state index in [1.165, 1.54) is 16.1 Å². The van der Waals surface area contributed by atoms with Crippen molar-refractivity contribution in [1.82, 2.24) is 4.57 Å². The van der Waals surface area contributed by atoms with Crippen molar-refractivity contribution in [3.63, 3.8) is 0 Å². The van der Waals surface area contributed by atoms with Gasteiger partial charge in [-0.2, -0.15) is 0 Å². The number of pyridine rings is 1. The van der Waals surface area contributed by atoms with Gasteiger partial charge in [-0.3, -0.25) is 4.79 Å². The van der Waals surface area contributed by atoms with Crippen LogP contribution in [0, 0.1) is 6.92 Å². The lowest BCUT2D eigenvalue weighted by Crippen LogP contribution is -2.06. The van der Waals surface area contributed by atoms with Crippen LogP contribution < -0.4 is 5.43 Å². The van der Waals surface area contributed by atoms with Gasteiger partial charge in [0.25, 0.3) is 0 Å². The zero-order chi connectivity index (χ0) is 12.3. The lowest BCUT2D eigenvalue weighted by atomic mass is 10.1. The standard InChI is InChI=1S/C15H11NOS/c1-9-6-12-14(17)8-11-7-10-4-2-3-5-13(10)16(11)15(12)18-9/h2-6,8H,7H2,1H3. The van der Waals surface area contributed by atoms with Crippen molar-refractivity contribution in [2.75, 3.05) is 0 Å². The van der Waals surface area contributed by atoms with Crippen LogP contribution in [0.1, 0.15) is 16.1 Å². The minimum absolute atomic E-state index is 0.147. The van der Waals surface area contributed by atoms with Gasteiger partial charge in [-0.1, -0.05) is 18.2 Å². The Hall–Kier alpha value is -1.87. The summed E-state index contributed by atoms with van der Waals surface area (Å²) in [5.74, 6) is 0. The monoisotopic (exact) mass is 253 g/mol. The topological polar surface area (TPSA) is 22.0 Å². The molecule has 0 spiro atoms. The van der Waals surface area contributed by atoms with E-state index in [1.54, 1.807) is 17.4 Å². The van der Waals surface area contributed by atoms with Crippen molar-refractivity contribution in [2.24, 2.45) is 0 Å². The highest BCUT2D eigenvalue weighted by atomic mass is 32.1. The highest BCUT2D eigenvalue weighted by Gasteiger charge is 2.21. The molecule has 4 rings (SSSR count). The molecule has 1 aliphatic rings. The van der Waals surface area contributed by atoms with Crippen molar-refractivity contribution in [1.29, 1.82) is 0 Å². The minimum Gasteiger partial charge on any atom is -0.304 e. The lowest BCUT2D eigenvalue weighted by molar-refractivity contribution is 1.07. The maximum Gasteiger partial charge on any atom is 0.190 e. The molecule has 1 aromatic carbocycles. The summed E-state index contributed by atoms with van der Waals surface area (Å²) < 4.78 is 2.24. The maximum atomic E-state index is 12.1. The molecule has 3 aromatic rings. The molecule has 0 amide bonds. The molecule has 1 aliphatic heterocycles. The fraction of sp³-hybridized carbons (Fsp3) is 0.133. The van der Waals surface area contributed by atoms with Gasteiger partial charge < -0.3 is 4.57 Å². The van der Waals surface area contributed by atoms with E-state index < -0.39 is 0 Å². The van der Waals surface area contributed by atoms with Crippen molar-refractivity contribution in [2.45, 2.75) is 13.3 Å². The first kappa shape index (κ1) is 10.1. The number of hydrogen-bond acceptors (Lipinski definition) is 2. The Labute approximate surface area is 108 Å². The number of rotatable bonds is 0. The largest absolute Gasteiger partial charge is 0.304 e. The van der Waals surface area contributed by atoms with Crippen molar-refractivity contribution < 1.29 is 0 Å². The molecule has 0 radical (unpaired) electrons. The smallest absolute Gasteiger partial charge is 0.190 e. The quantitative estimate of drug-likeness (QED) is 0.471. The Bertz CT molecular complexity index is 841. The third kappa shape index (κ3) is 1.20. The molecule has 2 aromatic heterocycles. The molecule has 0 aliphatic carbocycles. The van der Waals surface area contributed by atoms with E-state index in [-0.39, 0.29) is 5.43 Å². The van der Waals surface area contributed by atoms with Crippen molar-refractivity contribution >= 4 is 21.6 Å². The number of fused-ring (bicyclic) bond motifs is 5. The van der Waals surface area contributed by atoms with Gasteiger partial charge in [-0.15, -0.1) is 11.3 Å². The Morgan fingerprint density at radius 2 is 2.06 bits per heavy atom. The van der Waals surface area contributed by atoms with Crippen LogP contribution in [0.5, 0.6) is 0 Å². The zero-order valence-electron chi connectivity index (χ0n) is 9.93. The number of aryl methyl sites for hydroxylation is 1. The van der Waals surface area contributed by atoms with Crippen LogP contribution in [0.3, 0.4) is 0 Å². The van der Waals surface area contributed by atoms with Gasteiger partial charge in [-0.05, 0) is 24.6 Å². The van der Waals surface area contributed by atoms with Crippen LogP contribution in [0.2, 0.25) is 0 Å². The predicted octanol–water partition coefficient (Wildman–Crippen LogP) is 3.26. The summed E-state index contributed by atoms with van der Waals surface area (Å²) in [5.41, 5.74) is 3.78. The molecule has 0 bridgehead atoms. The highest BCUT2D eigenvalue weighted by Crippen LogP contribution is 2.33. The highest BCUT2D eigenvalue weighted by molar-refractivity contribution is 7.18. The molecule has 0 saturated carbocycles. The van der Waals surface area contributed by atoms with Gasteiger partial charge in [0.2, 0.25) is 0 Å². The van der Waals surface area contributed by atoms with Gasteiger partial charge in [0, 0.05) is 23.1 Å². The molecule has 0 saturated heterocycles. The molecule has 0 atom stereocenters. The first-order chi connectivity index (χ1) is 8.74. The molecule has 0 unspecified atom stereocenters. The molecule has 2 nitrogen and oxygen atoms in total. The zero-order valence-corrected chi connectivity index (χ0v) is 10.8. The number of nitrogens with zero attached hydrogens (tertiary/aromatic N) is 1. The van der Waals surface area contributed by atoms with E-state index in [9.17, 15) is 4.79 Å². The molecule has 0 fully saturated rings. The van der Waals surface area contributed by atoms with Gasteiger partial charge in [-0.25, -0.2) is 0 Å². The number of para-hydroxylation sites is 1. The Kier molecular flexibility index (Phi) is 1.87. The van der Waals surface area contributed by atoms with Gasteiger partial charge in [0.1, 0.15) is 4.83 Å². The number of benzene rings is 1.